The summed E-state index contributed by atoms with van der Waals surface area (Å²) in [6.07, 6.45) is 13.0. The van der Waals surface area contributed by atoms with Crippen LogP contribution in [-0.4, -0.2) is 0 Å². The molecule has 0 aromatic rings. The normalized spacial score (nSPS) is 46.5. The van der Waals surface area contributed by atoms with E-state index in [1.54, 1.807) is 0 Å². The maximum atomic E-state index is 2.67. The molecule has 15 heavy (non-hydrogen) atoms. The lowest BCUT2D eigenvalue weighted by Crippen LogP contribution is -2.24. The highest BCUT2D eigenvalue weighted by Crippen LogP contribution is 2.51. The molecule has 3 unspecified atom stereocenters. The third kappa shape index (κ3) is 1.77. The Morgan fingerprint density at radius 1 is 1.20 bits per heavy atom. The molecule has 3 aliphatic carbocycles. The first-order valence-electron chi connectivity index (χ1n) is 6.83. The Morgan fingerprint density at radius 3 is 2.93 bits per heavy atom. The van der Waals surface area contributed by atoms with E-state index in [1.807, 2.05) is 5.57 Å². The lowest BCUT2D eigenvalue weighted by molar-refractivity contribution is 0.164. The molecule has 0 aliphatic heterocycles. The Labute approximate surface area is 94.1 Å². The van der Waals surface area contributed by atoms with Crippen molar-refractivity contribution in [1.82, 2.24) is 0 Å². The first-order chi connectivity index (χ1) is 7.13. The summed E-state index contributed by atoms with van der Waals surface area (Å²) in [5, 5.41) is 0. The van der Waals surface area contributed by atoms with Crippen molar-refractivity contribution in [2.75, 3.05) is 0 Å². The van der Waals surface area contributed by atoms with Gasteiger partial charge in [0.05, 0.1) is 0 Å². The van der Waals surface area contributed by atoms with Gasteiger partial charge in [0, 0.05) is 0 Å². The van der Waals surface area contributed by atoms with Gasteiger partial charge in [0.15, 0.2) is 0 Å². The lowest BCUT2D eigenvalue weighted by atomic mass is 9.71. The Kier molecular flexibility index (Phi) is 2.23. The van der Waals surface area contributed by atoms with E-state index in [0.29, 0.717) is 5.41 Å². The summed E-state index contributed by atoms with van der Waals surface area (Å²) in [5.74, 6) is 2.98. The summed E-state index contributed by atoms with van der Waals surface area (Å²) < 4.78 is 0. The van der Waals surface area contributed by atoms with Crippen molar-refractivity contribution in [3.63, 3.8) is 0 Å². The van der Waals surface area contributed by atoms with E-state index < -0.39 is 0 Å². The van der Waals surface area contributed by atoms with Gasteiger partial charge >= 0.3 is 0 Å². The maximum Gasteiger partial charge on any atom is -0.0228 e. The predicted octanol–water partition coefficient (Wildman–Crippen LogP) is 4.56. The van der Waals surface area contributed by atoms with E-state index in [2.05, 4.69) is 19.9 Å². The van der Waals surface area contributed by atoms with Gasteiger partial charge in [0.25, 0.3) is 0 Å². The molecular weight excluding hydrogens is 180 g/mol. The Morgan fingerprint density at radius 2 is 2.07 bits per heavy atom. The van der Waals surface area contributed by atoms with Crippen molar-refractivity contribution in [3.8, 4) is 0 Å². The molecule has 0 heteroatoms. The molecule has 3 rings (SSSR count). The molecule has 4 bridgehead atoms. The fourth-order valence-electron chi connectivity index (χ4n) is 4.41. The smallest absolute Gasteiger partial charge is 0.0228 e. The van der Waals surface area contributed by atoms with Crippen LogP contribution in [0, 0.1) is 23.2 Å². The van der Waals surface area contributed by atoms with Crippen molar-refractivity contribution < 1.29 is 0 Å². The fraction of sp³-hybridized carbons (Fsp3) is 0.867. The van der Waals surface area contributed by atoms with E-state index >= 15 is 0 Å². The molecule has 2 saturated carbocycles. The lowest BCUT2D eigenvalue weighted by Gasteiger charge is -2.34. The summed E-state index contributed by atoms with van der Waals surface area (Å²) in [6.45, 7) is 5.06. The molecule has 2 fully saturated rings. The van der Waals surface area contributed by atoms with E-state index in [4.69, 9.17) is 0 Å². The highest BCUT2D eigenvalue weighted by Gasteiger charge is 2.39. The molecule has 0 spiro atoms. The Bertz CT molecular complexity index is 284. The average Bonchev–Trinajstić information content (AvgIpc) is 2.75. The second-order valence-corrected chi connectivity index (χ2v) is 6.90. The maximum absolute atomic E-state index is 2.67. The van der Waals surface area contributed by atoms with E-state index in [1.165, 1.54) is 44.9 Å². The standard InChI is InChI=1S/C15H24/c1-15(2)10-13-4-3-11(8-13)7-12-5-6-14(15)9-12/h7,12-14H,3-6,8-10H2,1-2H3/b11-7-. The van der Waals surface area contributed by atoms with Crippen molar-refractivity contribution in [1.29, 1.82) is 0 Å². The van der Waals surface area contributed by atoms with E-state index in [0.717, 1.165) is 17.8 Å². The summed E-state index contributed by atoms with van der Waals surface area (Å²) in [6, 6.07) is 0. The van der Waals surface area contributed by atoms with Crippen molar-refractivity contribution in [3.05, 3.63) is 11.6 Å². The van der Waals surface area contributed by atoms with Gasteiger partial charge in [-0.2, -0.15) is 0 Å². The van der Waals surface area contributed by atoms with Crippen LogP contribution in [0.1, 0.15) is 58.8 Å². The van der Waals surface area contributed by atoms with Crippen LogP contribution in [-0.2, 0) is 0 Å². The quantitative estimate of drug-likeness (QED) is 0.507. The fourth-order valence-corrected chi connectivity index (χ4v) is 4.41. The molecule has 3 atom stereocenters. The molecule has 0 amide bonds. The minimum Gasteiger partial charge on any atom is -0.0822 e. The van der Waals surface area contributed by atoms with Gasteiger partial charge in [-0.25, -0.2) is 0 Å². The molecule has 0 N–H and O–H groups in total. The molecule has 0 aromatic carbocycles. The zero-order valence-electron chi connectivity index (χ0n) is 10.3. The molecule has 84 valence electrons. The molecule has 0 nitrogen and oxygen atoms in total. The van der Waals surface area contributed by atoms with Crippen molar-refractivity contribution in [2.45, 2.75) is 58.8 Å². The summed E-state index contributed by atoms with van der Waals surface area (Å²) in [5.41, 5.74) is 2.43. The van der Waals surface area contributed by atoms with Crippen LogP contribution in [0.4, 0.5) is 0 Å². The Balaban J connectivity index is 1.91. The SMILES string of the molecule is CC1(C)CC2CC/C(=C/C3CCC1C3)C2. The highest BCUT2D eigenvalue weighted by molar-refractivity contribution is 5.13. The predicted molar refractivity (Wildman–Crippen MR) is 64.7 cm³/mol. The van der Waals surface area contributed by atoms with Crippen LogP contribution in [0.25, 0.3) is 0 Å². The second-order valence-electron chi connectivity index (χ2n) is 6.90. The summed E-state index contributed by atoms with van der Waals surface area (Å²) in [4.78, 5) is 0. The minimum absolute atomic E-state index is 0.618. The highest BCUT2D eigenvalue weighted by atomic mass is 14.4. The third-order valence-corrected chi connectivity index (χ3v) is 5.29. The van der Waals surface area contributed by atoms with E-state index in [-0.39, 0.29) is 0 Å². The average molecular weight is 204 g/mol. The van der Waals surface area contributed by atoms with Crippen LogP contribution in [0.3, 0.4) is 0 Å². The van der Waals surface area contributed by atoms with Crippen LogP contribution in [0.15, 0.2) is 11.6 Å². The van der Waals surface area contributed by atoms with Gasteiger partial charge in [-0.1, -0.05) is 25.5 Å². The molecule has 0 radical (unpaired) electrons. The van der Waals surface area contributed by atoms with Crippen LogP contribution in [0.2, 0.25) is 0 Å². The van der Waals surface area contributed by atoms with Gasteiger partial charge in [-0.15, -0.1) is 0 Å². The van der Waals surface area contributed by atoms with Gasteiger partial charge in [0.2, 0.25) is 0 Å². The zero-order valence-corrected chi connectivity index (χ0v) is 10.3. The molecular formula is C15H24. The summed E-state index contributed by atoms with van der Waals surface area (Å²) >= 11 is 0. The molecule has 0 saturated heterocycles. The number of hydrogen-bond acceptors (Lipinski definition) is 0. The van der Waals surface area contributed by atoms with Gasteiger partial charge in [-0.3, -0.25) is 0 Å². The number of rotatable bonds is 0. The number of hydrogen-bond donors (Lipinski definition) is 0. The topological polar surface area (TPSA) is 0 Å². The van der Waals surface area contributed by atoms with Gasteiger partial charge in [-0.05, 0) is 68.1 Å². The van der Waals surface area contributed by atoms with Gasteiger partial charge < -0.3 is 0 Å². The van der Waals surface area contributed by atoms with Gasteiger partial charge in [0.1, 0.15) is 0 Å². The Hall–Kier alpha value is -0.260. The van der Waals surface area contributed by atoms with Crippen molar-refractivity contribution in [2.24, 2.45) is 23.2 Å². The molecule has 0 heterocycles. The second kappa shape index (κ2) is 3.37. The van der Waals surface area contributed by atoms with Crippen LogP contribution < -0.4 is 0 Å². The first kappa shape index (κ1) is 9.93. The monoisotopic (exact) mass is 204 g/mol. The van der Waals surface area contributed by atoms with Crippen molar-refractivity contribution >= 4 is 0 Å². The van der Waals surface area contributed by atoms with E-state index in [9.17, 15) is 0 Å². The summed E-state index contributed by atoms with van der Waals surface area (Å²) in [7, 11) is 0. The van der Waals surface area contributed by atoms with Crippen LogP contribution >= 0.6 is 0 Å². The zero-order chi connectivity index (χ0) is 10.5. The third-order valence-electron chi connectivity index (χ3n) is 5.29. The number of fused-ring (bicyclic) bond motifs is 4. The molecule has 3 aliphatic rings. The first-order valence-corrected chi connectivity index (χ1v) is 6.83. The minimum atomic E-state index is 0.618. The largest absolute Gasteiger partial charge is 0.0822 e. The molecule has 0 aromatic heterocycles. The van der Waals surface area contributed by atoms with Crippen LogP contribution in [0.5, 0.6) is 0 Å². The number of allylic oxidation sites excluding steroid dienone is 2.